The van der Waals surface area contributed by atoms with Gasteiger partial charge < -0.3 is 15.4 Å². The number of nitrogens with one attached hydrogen (secondary N) is 2. The van der Waals surface area contributed by atoms with E-state index in [0.29, 0.717) is 5.11 Å². The van der Waals surface area contributed by atoms with Crippen LogP contribution >= 0.6 is 28.1 Å². The molecule has 1 aromatic carbocycles. The fourth-order valence-electron chi connectivity index (χ4n) is 1.93. The van der Waals surface area contributed by atoms with Crippen molar-refractivity contribution in [3.63, 3.8) is 0 Å². The minimum Gasteiger partial charge on any atom is -0.497 e. The number of aryl methyl sites for hydroxylation is 2. The average molecular weight is 383 g/mol. The molecule has 0 aliphatic heterocycles. The molecule has 118 valence electrons. The number of halogens is 1. The van der Waals surface area contributed by atoms with Crippen LogP contribution in [0.15, 0.2) is 34.9 Å². The Morgan fingerprint density at radius 3 is 2.95 bits per heavy atom. The summed E-state index contributed by atoms with van der Waals surface area (Å²) in [6.45, 7) is 3.61. The topological polar surface area (TPSA) is 51.1 Å². The van der Waals surface area contributed by atoms with E-state index in [1.807, 2.05) is 42.1 Å². The maximum absolute atomic E-state index is 5.28. The van der Waals surface area contributed by atoms with Gasteiger partial charge in [-0.2, -0.15) is 5.10 Å². The third kappa shape index (κ3) is 4.99. The Kier molecular flexibility index (Phi) is 6.21. The van der Waals surface area contributed by atoms with Crippen LogP contribution in [0.4, 0.5) is 5.69 Å². The molecule has 2 aromatic rings. The number of anilines is 1. The summed E-state index contributed by atoms with van der Waals surface area (Å²) in [6, 6.07) is 7.66. The SMILES string of the molecule is COc1cccc(NC(=S)NCCCn2cc(Br)c(C)n2)c1. The number of hydrogen-bond donors (Lipinski definition) is 2. The Morgan fingerprint density at radius 1 is 1.45 bits per heavy atom. The molecule has 2 rings (SSSR count). The molecule has 5 nitrogen and oxygen atoms in total. The normalized spacial score (nSPS) is 10.3. The van der Waals surface area contributed by atoms with Crippen LogP contribution < -0.4 is 15.4 Å². The molecule has 0 atom stereocenters. The van der Waals surface area contributed by atoms with E-state index < -0.39 is 0 Å². The molecule has 0 saturated carbocycles. The second kappa shape index (κ2) is 8.14. The van der Waals surface area contributed by atoms with Gasteiger partial charge in [-0.1, -0.05) is 6.07 Å². The Morgan fingerprint density at radius 2 is 2.27 bits per heavy atom. The van der Waals surface area contributed by atoms with Crippen molar-refractivity contribution in [2.75, 3.05) is 19.0 Å². The highest BCUT2D eigenvalue weighted by Crippen LogP contribution is 2.16. The summed E-state index contributed by atoms with van der Waals surface area (Å²) in [5, 5.41) is 11.3. The van der Waals surface area contributed by atoms with E-state index in [9.17, 15) is 0 Å². The van der Waals surface area contributed by atoms with Crippen molar-refractivity contribution in [2.24, 2.45) is 0 Å². The molecule has 0 aliphatic carbocycles. The van der Waals surface area contributed by atoms with Gasteiger partial charge in [0.05, 0.1) is 17.3 Å². The highest BCUT2D eigenvalue weighted by Gasteiger charge is 2.02. The number of ether oxygens (including phenoxy) is 1. The lowest BCUT2D eigenvalue weighted by Crippen LogP contribution is -2.29. The van der Waals surface area contributed by atoms with Gasteiger partial charge in [0, 0.05) is 31.0 Å². The van der Waals surface area contributed by atoms with Crippen molar-refractivity contribution >= 4 is 38.9 Å². The Hall–Kier alpha value is -1.60. The maximum Gasteiger partial charge on any atom is 0.170 e. The summed E-state index contributed by atoms with van der Waals surface area (Å²) in [5.41, 5.74) is 1.91. The van der Waals surface area contributed by atoms with Crippen molar-refractivity contribution in [3.8, 4) is 5.75 Å². The van der Waals surface area contributed by atoms with Gasteiger partial charge in [-0.3, -0.25) is 4.68 Å². The summed E-state index contributed by atoms with van der Waals surface area (Å²) < 4.78 is 8.15. The van der Waals surface area contributed by atoms with Crippen LogP contribution in [0.5, 0.6) is 5.75 Å². The lowest BCUT2D eigenvalue weighted by atomic mass is 10.3. The first-order chi connectivity index (χ1) is 10.6. The molecule has 0 spiro atoms. The molecule has 0 fully saturated rings. The largest absolute Gasteiger partial charge is 0.497 e. The molecule has 1 heterocycles. The number of rotatable bonds is 6. The predicted octanol–water partition coefficient (Wildman–Crippen LogP) is 3.34. The summed E-state index contributed by atoms with van der Waals surface area (Å²) in [4.78, 5) is 0. The number of hydrogen-bond acceptors (Lipinski definition) is 3. The number of thiocarbonyl (C=S) groups is 1. The van der Waals surface area contributed by atoms with Gasteiger partial charge in [0.25, 0.3) is 0 Å². The Bertz CT molecular complexity index is 625. The number of aromatic nitrogens is 2. The zero-order valence-electron chi connectivity index (χ0n) is 12.6. The van der Waals surface area contributed by atoms with Gasteiger partial charge in [-0.05, 0) is 53.6 Å². The third-order valence-electron chi connectivity index (χ3n) is 3.06. The van der Waals surface area contributed by atoms with Crippen molar-refractivity contribution in [1.29, 1.82) is 0 Å². The fraction of sp³-hybridized carbons (Fsp3) is 0.333. The molecular formula is C15H19BrN4OS. The van der Waals surface area contributed by atoms with Gasteiger partial charge in [0.2, 0.25) is 0 Å². The first-order valence-electron chi connectivity index (χ1n) is 6.97. The van der Waals surface area contributed by atoms with Crippen molar-refractivity contribution in [2.45, 2.75) is 19.9 Å². The lowest BCUT2D eigenvalue weighted by Gasteiger charge is -2.11. The summed E-state index contributed by atoms with van der Waals surface area (Å²) in [7, 11) is 1.64. The first kappa shape index (κ1) is 16.8. The third-order valence-corrected chi connectivity index (χ3v) is 4.09. The highest BCUT2D eigenvalue weighted by molar-refractivity contribution is 9.10. The van der Waals surface area contributed by atoms with E-state index in [1.165, 1.54) is 0 Å². The van der Waals surface area contributed by atoms with Gasteiger partial charge in [0.1, 0.15) is 5.75 Å². The summed E-state index contributed by atoms with van der Waals surface area (Å²) >= 11 is 8.73. The Labute approximate surface area is 144 Å². The van der Waals surface area contributed by atoms with Gasteiger partial charge in [-0.15, -0.1) is 0 Å². The molecule has 0 aliphatic rings. The quantitative estimate of drug-likeness (QED) is 0.592. The Balaban J connectivity index is 1.71. The lowest BCUT2D eigenvalue weighted by molar-refractivity contribution is 0.415. The molecule has 0 amide bonds. The maximum atomic E-state index is 5.28. The van der Waals surface area contributed by atoms with Gasteiger partial charge >= 0.3 is 0 Å². The molecule has 1 aromatic heterocycles. The highest BCUT2D eigenvalue weighted by atomic mass is 79.9. The minimum absolute atomic E-state index is 0.603. The predicted molar refractivity (Wildman–Crippen MR) is 96.5 cm³/mol. The van der Waals surface area contributed by atoms with E-state index in [-0.39, 0.29) is 0 Å². The van der Waals surface area contributed by atoms with Crippen molar-refractivity contribution in [3.05, 3.63) is 40.6 Å². The zero-order chi connectivity index (χ0) is 15.9. The average Bonchev–Trinajstić information content (AvgIpc) is 2.82. The van der Waals surface area contributed by atoms with E-state index in [0.717, 1.165) is 41.1 Å². The molecule has 22 heavy (non-hydrogen) atoms. The smallest absolute Gasteiger partial charge is 0.170 e. The van der Waals surface area contributed by atoms with E-state index in [4.69, 9.17) is 17.0 Å². The number of methoxy groups -OCH3 is 1. The van der Waals surface area contributed by atoms with Crippen molar-refractivity contribution in [1.82, 2.24) is 15.1 Å². The van der Waals surface area contributed by atoms with Crippen LogP contribution in [0, 0.1) is 6.92 Å². The molecule has 7 heteroatoms. The number of nitrogens with zero attached hydrogens (tertiary/aromatic N) is 2. The van der Waals surface area contributed by atoms with Crippen LogP contribution in [0.1, 0.15) is 12.1 Å². The van der Waals surface area contributed by atoms with E-state index in [1.54, 1.807) is 7.11 Å². The van der Waals surface area contributed by atoms with Gasteiger partial charge in [-0.25, -0.2) is 0 Å². The first-order valence-corrected chi connectivity index (χ1v) is 8.17. The number of benzene rings is 1. The van der Waals surface area contributed by atoms with Crippen LogP contribution in [-0.4, -0.2) is 28.5 Å². The van der Waals surface area contributed by atoms with Crippen molar-refractivity contribution < 1.29 is 4.74 Å². The monoisotopic (exact) mass is 382 g/mol. The van der Waals surface area contributed by atoms with E-state index >= 15 is 0 Å². The summed E-state index contributed by atoms with van der Waals surface area (Å²) in [5.74, 6) is 0.799. The van der Waals surface area contributed by atoms with Crippen LogP contribution in [0.3, 0.4) is 0 Å². The fourth-order valence-corrected chi connectivity index (χ4v) is 2.46. The second-order valence-electron chi connectivity index (χ2n) is 4.79. The van der Waals surface area contributed by atoms with Gasteiger partial charge in [0.15, 0.2) is 5.11 Å². The molecule has 0 unspecified atom stereocenters. The molecule has 0 saturated heterocycles. The molecule has 2 N–H and O–H groups in total. The van der Waals surface area contributed by atoms with E-state index in [2.05, 4.69) is 31.7 Å². The standard InChI is InChI=1S/C15H19BrN4OS/c1-11-14(16)10-20(19-11)8-4-7-17-15(22)18-12-5-3-6-13(9-12)21-2/h3,5-6,9-10H,4,7-8H2,1-2H3,(H2,17,18,22). The van der Waals surface area contributed by atoms with Crippen LogP contribution in [0.2, 0.25) is 0 Å². The summed E-state index contributed by atoms with van der Waals surface area (Å²) in [6.07, 6.45) is 2.93. The minimum atomic E-state index is 0.603. The second-order valence-corrected chi connectivity index (χ2v) is 6.05. The molecular weight excluding hydrogens is 364 g/mol. The van der Waals surface area contributed by atoms with Crippen LogP contribution in [-0.2, 0) is 6.54 Å². The molecule has 0 radical (unpaired) electrons. The van der Waals surface area contributed by atoms with Crippen LogP contribution in [0.25, 0.3) is 0 Å². The molecule has 0 bridgehead atoms. The zero-order valence-corrected chi connectivity index (χ0v) is 15.0.